The average molecular weight is 379 g/mol. The summed E-state index contributed by atoms with van der Waals surface area (Å²) in [7, 11) is 1.68. The van der Waals surface area contributed by atoms with E-state index >= 15 is 0 Å². The molecule has 0 bridgehead atoms. The van der Waals surface area contributed by atoms with Crippen LogP contribution in [0.2, 0.25) is 0 Å². The molecule has 0 saturated carbocycles. The van der Waals surface area contributed by atoms with Gasteiger partial charge in [-0.05, 0) is 18.2 Å². The number of amides is 1. The fourth-order valence-electron chi connectivity index (χ4n) is 3.60. The van der Waals surface area contributed by atoms with Gasteiger partial charge in [0.05, 0.1) is 17.5 Å². The molecule has 1 aliphatic heterocycles. The van der Waals surface area contributed by atoms with Gasteiger partial charge in [-0.25, -0.2) is 0 Å². The monoisotopic (exact) mass is 379 g/mol. The molecule has 1 amide bonds. The third-order valence-corrected chi connectivity index (χ3v) is 5.00. The molecule has 144 valence electrons. The van der Waals surface area contributed by atoms with E-state index in [9.17, 15) is 14.9 Å². The number of carbonyl (C=O) groups is 1. The number of hydrogen-bond donors (Lipinski definition) is 1. The van der Waals surface area contributed by atoms with Crippen molar-refractivity contribution in [3.8, 4) is 6.07 Å². The summed E-state index contributed by atoms with van der Waals surface area (Å²) in [6, 6.07) is 13.0. The lowest BCUT2D eigenvalue weighted by atomic mass is 10.1. The van der Waals surface area contributed by atoms with Crippen molar-refractivity contribution in [2.75, 3.05) is 31.1 Å². The highest BCUT2D eigenvalue weighted by molar-refractivity contribution is 5.95. The maximum absolute atomic E-state index is 12.6. The molecule has 0 aliphatic carbocycles. The van der Waals surface area contributed by atoms with Gasteiger partial charge in [0.1, 0.15) is 11.6 Å². The number of fused-ring (bicyclic) bond motifs is 1. The van der Waals surface area contributed by atoms with Crippen molar-refractivity contribution in [3.63, 3.8) is 0 Å². The molecule has 4 rings (SSSR count). The molecule has 3 aromatic rings. The van der Waals surface area contributed by atoms with Crippen molar-refractivity contribution >= 4 is 22.5 Å². The summed E-state index contributed by atoms with van der Waals surface area (Å²) in [5, 5.41) is 10.5. The molecular weight excluding hydrogens is 358 g/mol. The molecule has 1 fully saturated rings. The van der Waals surface area contributed by atoms with Crippen LogP contribution in [0.1, 0.15) is 16.1 Å². The van der Waals surface area contributed by atoms with Gasteiger partial charge in [-0.15, -0.1) is 0 Å². The third kappa shape index (κ3) is 3.02. The highest BCUT2D eigenvalue weighted by Crippen LogP contribution is 2.29. The predicted molar refractivity (Wildman–Crippen MR) is 106 cm³/mol. The van der Waals surface area contributed by atoms with Crippen molar-refractivity contribution in [2.24, 2.45) is 7.05 Å². The molecule has 0 spiro atoms. The van der Waals surface area contributed by atoms with E-state index in [-0.39, 0.29) is 23.2 Å². The lowest BCUT2D eigenvalue weighted by Crippen LogP contribution is -2.49. The standard InChI is InChI=1S/C20H18N4O3.H3N/c1-22-16-6-3-2-5-14(16)18(15(13-21)19(22)25)23-8-10-24(11-9-23)20(26)17-7-4-12-27-17;/h2-7,12H,8-11H2,1H3;1H3. The maximum atomic E-state index is 12.6. The van der Waals surface area contributed by atoms with Gasteiger partial charge in [-0.1, -0.05) is 18.2 Å². The predicted octanol–water partition coefficient (Wildman–Crippen LogP) is 2.13. The molecule has 8 nitrogen and oxygen atoms in total. The first-order valence-electron chi connectivity index (χ1n) is 8.71. The number of piperazine rings is 1. The van der Waals surface area contributed by atoms with E-state index in [4.69, 9.17) is 4.42 Å². The van der Waals surface area contributed by atoms with Crippen molar-refractivity contribution in [1.29, 1.82) is 5.26 Å². The van der Waals surface area contributed by atoms with E-state index in [2.05, 4.69) is 6.07 Å². The van der Waals surface area contributed by atoms with Gasteiger partial charge in [0.2, 0.25) is 0 Å². The van der Waals surface area contributed by atoms with Crippen LogP contribution in [0, 0.1) is 11.3 Å². The van der Waals surface area contributed by atoms with Gasteiger partial charge in [0, 0.05) is 38.6 Å². The summed E-state index contributed by atoms with van der Waals surface area (Å²) >= 11 is 0. The van der Waals surface area contributed by atoms with Gasteiger partial charge >= 0.3 is 0 Å². The number of aromatic nitrogens is 1. The summed E-state index contributed by atoms with van der Waals surface area (Å²) in [5.41, 5.74) is 1.27. The van der Waals surface area contributed by atoms with Crippen LogP contribution < -0.4 is 16.6 Å². The number of para-hydroxylation sites is 1. The summed E-state index contributed by atoms with van der Waals surface area (Å²) in [6.07, 6.45) is 1.48. The van der Waals surface area contributed by atoms with E-state index in [1.54, 1.807) is 24.1 Å². The number of pyridine rings is 1. The topological polar surface area (TPSA) is 117 Å². The Morgan fingerprint density at radius 2 is 1.82 bits per heavy atom. The number of hydrogen-bond acceptors (Lipinski definition) is 6. The first kappa shape index (κ1) is 19.2. The zero-order valence-corrected chi connectivity index (χ0v) is 15.6. The van der Waals surface area contributed by atoms with Crippen LogP contribution in [0.5, 0.6) is 0 Å². The number of benzene rings is 1. The highest BCUT2D eigenvalue weighted by atomic mass is 16.3. The van der Waals surface area contributed by atoms with Gasteiger partial charge in [0.15, 0.2) is 5.76 Å². The van der Waals surface area contributed by atoms with E-state index in [0.717, 1.165) is 10.9 Å². The van der Waals surface area contributed by atoms with E-state index in [1.807, 2.05) is 29.2 Å². The van der Waals surface area contributed by atoms with Crippen LogP contribution in [0.4, 0.5) is 5.69 Å². The van der Waals surface area contributed by atoms with Gasteiger partial charge in [0.25, 0.3) is 11.5 Å². The molecule has 0 unspecified atom stereocenters. The summed E-state index contributed by atoms with van der Waals surface area (Å²) in [5.74, 6) is 0.175. The van der Waals surface area contributed by atoms with Crippen LogP contribution in [0.3, 0.4) is 0 Å². The number of nitriles is 1. The van der Waals surface area contributed by atoms with Gasteiger partial charge in [-0.2, -0.15) is 5.26 Å². The second-order valence-electron chi connectivity index (χ2n) is 6.47. The van der Waals surface area contributed by atoms with Crippen molar-refractivity contribution in [1.82, 2.24) is 15.6 Å². The average Bonchev–Trinajstić information content (AvgIpc) is 3.25. The van der Waals surface area contributed by atoms with Gasteiger partial charge in [-0.3, -0.25) is 9.59 Å². The third-order valence-electron chi connectivity index (χ3n) is 5.00. The fourth-order valence-corrected chi connectivity index (χ4v) is 3.60. The maximum Gasteiger partial charge on any atom is 0.289 e. The lowest BCUT2D eigenvalue weighted by molar-refractivity contribution is 0.0715. The smallest absolute Gasteiger partial charge is 0.289 e. The SMILES string of the molecule is Cn1c(=O)c(C#N)c(N2CCN(C(=O)c3ccco3)CC2)c2ccccc21.N. The number of nitrogens with zero attached hydrogens (tertiary/aromatic N) is 4. The minimum absolute atomic E-state index is 0. The number of carbonyl (C=O) groups excluding carboxylic acids is 1. The Balaban J connectivity index is 0.00000225. The minimum Gasteiger partial charge on any atom is -0.459 e. The zero-order valence-electron chi connectivity index (χ0n) is 15.6. The minimum atomic E-state index is -0.305. The second-order valence-corrected chi connectivity index (χ2v) is 6.47. The number of rotatable bonds is 2. The number of anilines is 1. The molecule has 3 heterocycles. The molecular formula is C20H21N5O3. The van der Waals surface area contributed by atoms with Crippen molar-refractivity contribution in [3.05, 3.63) is 64.3 Å². The first-order chi connectivity index (χ1) is 13.1. The summed E-state index contributed by atoms with van der Waals surface area (Å²) in [6.45, 7) is 2.07. The second kappa shape index (κ2) is 7.58. The molecule has 0 atom stereocenters. The van der Waals surface area contributed by atoms with Crippen LogP contribution in [-0.4, -0.2) is 41.6 Å². The van der Waals surface area contributed by atoms with Crippen LogP contribution in [0.15, 0.2) is 51.9 Å². The summed E-state index contributed by atoms with van der Waals surface area (Å²) < 4.78 is 6.70. The van der Waals surface area contributed by atoms with Crippen LogP contribution in [0.25, 0.3) is 10.9 Å². The first-order valence-corrected chi connectivity index (χ1v) is 8.71. The molecule has 28 heavy (non-hydrogen) atoms. The quantitative estimate of drug-likeness (QED) is 0.729. The van der Waals surface area contributed by atoms with Crippen LogP contribution in [-0.2, 0) is 7.05 Å². The highest BCUT2D eigenvalue weighted by Gasteiger charge is 2.27. The molecule has 2 aromatic heterocycles. The normalized spacial score (nSPS) is 13.9. The Morgan fingerprint density at radius 1 is 1.11 bits per heavy atom. The zero-order chi connectivity index (χ0) is 19.0. The van der Waals surface area contributed by atoms with Gasteiger partial charge < -0.3 is 24.9 Å². The Hall–Kier alpha value is -3.57. The fraction of sp³-hybridized carbons (Fsp3) is 0.250. The van der Waals surface area contributed by atoms with Crippen molar-refractivity contribution in [2.45, 2.75) is 0 Å². The van der Waals surface area contributed by atoms with E-state index < -0.39 is 0 Å². The molecule has 0 radical (unpaired) electrons. The number of aryl methyl sites for hydroxylation is 1. The molecule has 1 aliphatic rings. The molecule has 1 aromatic carbocycles. The Kier molecular flexibility index (Phi) is 5.20. The largest absolute Gasteiger partial charge is 0.459 e. The summed E-state index contributed by atoms with van der Waals surface area (Å²) in [4.78, 5) is 28.8. The van der Waals surface area contributed by atoms with Crippen molar-refractivity contribution < 1.29 is 9.21 Å². The lowest BCUT2D eigenvalue weighted by Gasteiger charge is -2.36. The Labute approximate surface area is 161 Å². The Bertz CT molecular complexity index is 1100. The van der Waals surface area contributed by atoms with E-state index in [1.165, 1.54) is 10.8 Å². The Morgan fingerprint density at radius 3 is 2.46 bits per heavy atom. The molecule has 3 N–H and O–H groups in total. The molecule has 8 heteroatoms. The molecule has 1 saturated heterocycles. The van der Waals surface area contributed by atoms with E-state index in [0.29, 0.717) is 37.6 Å². The number of furan rings is 1. The van der Waals surface area contributed by atoms with Crippen LogP contribution >= 0.6 is 0 Å².